The van der Waals surface area contributed by atoms with Crippen LogP contribution in [0.25, 0.3) is 0 Å². The van der Waals surface area contributed by atoms with Crippen LogP contribution in [0.4, 0.5) is 0 Å². The quantitative estimate of drug-likeness (QED) is 0.128. The molecule has 1 heterocycles. The lowest BCUT2D eigenvalue weighted by Gasteiger charge is -2.38. The first kappa shape index (κ1) is 29.2. The molecule has 0 saturated heterocycles. The highest BCUT2D eigenvalue weighted by Gasteiger charge is 2.50. The Hall–Kier alpha value is -4.83. The van der Waals surface area contributed by atoms with Gasteiger partial charge in [0.25, 0.3) is 5.09 Å². The Morgan fingerprint density at radius 2 is 1.41 bits per heavy atom. The van der Waals surface area contributed by atoms with Crippen LogP contribution < -0.4 is 4.74 Å². The van der Waals surface area contributed by atoms with Crippen molar-refractivity contribution in [3.05, 3.63) is 135 Å². The van der Waals surface area contributed by atoms with Gasteiger partial charge < -0.3 is 19.0 Å². The summed E-state index contributed by atoms with van der Waals surface area (Å²) in [6.45, 7) is 3.56. The molecule has 0 radical (unpaired) electrons. The van der Waals surface area contributed by atoms with Crippen LogP contribution in [0.2, 0.25) is 0 Å². The summed E-state index contributed by atoms with van der Waals surface area (Å²) in [5.74, 6) is -0.654. The van der Waals surface area contributed by atoms with Gasteiger partial charge >= 0.3 is 12.0 Å². The van der Waals surface area contributed by atoms with E-state index >= 15 is 0 Å². The number of ether oxygens (including phenoxy) is 3. The summed E-state index contributed by atoms with van der Waals surface area (Å²) >= 11 is 0. The van der Waals surface area contributed by atoms with Gasteiger partial charge in [0.2, 0.25) is 6.10 Å². The Bertz CT molecular complexity index is 1390. The number of rotatable bonds is 13. The molecule has 0 aliphatic carbocycles. The average molecular weight is 558 g/mol. The van der Waals surface area contributed by atoms with Gasteiger partial charge in [-0.3, -0.25) is 0 Å². The highest BCUT2D eigenvalue weighted by Crippen LogP contribution is 2.39. The number of carbonyl (C=O) groups is 1. The highest BCUT2D eigenvalue weighted by atomic mass is 16.9. The lowest BCUT2D eigenvalue weighted by molar-refractivity contribution is -0.763. The zero-order valence-corrected chi connectivity index (χ0v) is 23.1. The maximum absolute atomic E-state index is 13.9. The van der Waals surface area contributed by atoms with Crippen molar-refractivity contribution in [2.75, 3.05) is 13.7 Å². The van der Waals surface area contributed by atoms with Gasteiger partial charge in [-0.05, 0) is 42.2 Å². The van der Waals surface area contributed by atoms with Crippen molar-refractivity contribution >= 4 is 5.97 Å². The number of esters is 1. The minimum atomic E-state index is -1.39. The van der Waals surface area contributed by atoms with Gasteiger partial charge in [-0.25, -0.2) is 14.8 Å². The maximum Gasteiger partial charge on any atom is 0.351 e. The van der Waals surface area contributed by atoms with Crippen LogP contribution in [0, 0.1) is 24.0 Å². The van der Waals surface area contributed by atoms with E-state index in [9.17, 15) is 14.9 Å². The summed E-state index contributed by atoms with van der Waals surface area (Å²) in [6, 6.07) is 27.6. The van der Waals surface area contributed by atoms with E-state index in [1.165, 1.54) is 7.11 Å². The number of hydrogen-bond acceptors (Lipinski definition) is 9. The molecule has 0 unspecified atom stereocenters. The fraction of sp³-hybridized carbons (Fsp3) is 0.258. The number of benzene rings is 3. The summed E-state index contributed by atoms with van der Waals surface area (Å²) in [7, 11) is 1.52. The molecule has 212 valence electrons. The first-order chi connectivity index (χ1) is 19.8. The van der Waals surface area contributed by atoms with Crippen LogP contribution in [-0.2, 0) is 37.7 Å². The predicted molar refractivity (Wildman–Crippen MR) is 149 cm³/mol. The fourth-order valence-electron chi connectivity index (χ4n) is 4.61. The molecule has 10 heteroatoms. The number of aryl methyl sites for hydroxylation is 2. The van der Waals surface area contributed by atoms with Crippen LogP contribution in [0.3, 0.4) is 0 Å². The van der Waals surface area contributed by atoms with Crippen molar-refractivity contribution in [1.29, 1.82) is 0 Å². The van der Waals surface area contributed by atoms with E-state index in [1.807, 2.05) is 80.6 Å². The zero-order chi connectivity index (χ0) is 29.2. The van der Waals surface area contributed by atoms with Crippen molar-refractivity contribution in [1.82, 2.24) is 9.97 Å². The zero-order valence-electron chi connectivity index (χ0n) is 23.1. The Kier molecular flexibility index (Phi) is 9.60. The monoisotopic (exact) mass is 557 g/mol. The molecule has 0 fully saturated rings. The number of hydrogen-bond donors (Lipinski definition) is 0. The fourth-order valence-corrected chi connectivity index (χ4v) is 4.61. The molecular weight excluding hydrogens is 526 g/mol. The van der Waals surface area contributed by atoms with Gasteiger partial charge in [0, 0.05) is 24.9 Å². The Morgan fingerprint density at radius 3 is 1.93 bits per heavy atom. The maximum atomic E-state index is 13.9. The second-order valence-corrected chi connectivity index (χ2v) is 9.33. The van der Waals surface area contributed by atoms with Gasteiger partial charge in [0.05, 0.1) is 6.61 Å². The molecule has 0 N–H and O–H groups in total. The molecule has 4 rings (SSSR count). The lowest BCUT2D eigenvalue weighted by atomic mass is 9.81. The SMILES string of the molecule is COC(c1ccccc1)(c1ccccc1)[C@H](Oc1nc(C)cc(C)n1)C(=O)OCCc1ccc(CO[N+](=O)[O-])cc1. The third-order valence-electron chi connectivity index (χ3n) is 6.49. The van der Waals surface area contributed by atoms with Gasteiger partial charge in [-0.15, -0.1) is 10.1 Å². The number of methoxy groups -OCH3 is 1. The van der Waals surface area contributed by atoms with E-state index in [-0.39, 0.29) is 19.2 Å². The molecular formula is C31H31N3O7. The van der Waals surface area contributed by atoms with Crippen molar-refractivity contribution < 1.29 is 28.9 Å². The minimum absolute atomic E-state index is 0.0327. The predicted octanol–water partition coefficient (Wildman–Crippen LogP) is 4.93. The van der Waals surface area contributed by atoms with Crippen LogP contribution >= 0.6 is 0 Å². The van der Waals surface area contributed by atoms with Crippen molar-refractivity contribution in [3.63, 3.8) is 0 Å². The standard InChI is InChI=1S/C31H31N3O7/c1-22-20-23(2)33-30(32-22)41-28(29(35)39-19-18-24-14-16-25(17-15-24)21-40-34(36)37)31(38-3,26-10-6-4-7-11-26)27-12-8-5-9-13-27/h4-17,20,28H,18-19,21H2,1-3H3/t28-/m1/s1. The van der Waals surface area contributed by atoms with Gasteiger partial charge in [0.1, 0.15) is 6.61 Å². The van der Waals surface area contributed by atoms with Crippen LogP contribution in [0.5, 0.6) is 6.01 Å². The van der Waals surface area contributed by atoms with E-state index in [1.54, 1.807) is 24.3 Å². The first-order valence-electron chi connectivity index (χ1n) is 13.0. The summed E-state index contributed by atoms with van der Waals surface area (Å²) in [6.07, 6.45) is -0.897. The number of carbonyl (C=O) groups excluding carboxylic acids is 1. The number of aromatic nitrogens is 2. The molecule has 3 aromatic carbocycles. The molecule has 1 atom stereocenters. The van der Waals surface area contributed by atoms with E-state index in [0.29, 0.717) is 34.5 Å². The summed E-state index contributed by atoms with van der Waals surface area (Å²) < 4.78 is 18.3. The van der Waals surface area contributed by atoms with E-state index in [2.05, 4.69) is 14.8 Å². The van der Waals surface area contributed by atoms with Crippen LogP contribution in [-0.4, -0.2) is 40.8 Å². The Balaban J connectivity index is 1.64. The lowest BCUT2D eigenvalue weighted by Crippen LogP contribution is -2.51. The van der Waals surface area contributed by atoms with Crippen molar-refractivity contribution in [2.24, 2.45) is 0 Å². The van der Waals surface area contributed by atoms with Crippen molar-refractivity contribution in [2.45, 2.75) is 38.6 Å². The molecule has 4 aromatic rings. The van der Waals surface area contributed by atoms with Crippen molar-refractivity contribution in [3.8, 4) is 6.01 Å². The highest BCUT2D eigenvalue weighted by molar-refractivity contribution is 5.78. The van der Waals surface area contributed by atoms with Gasteiger partial charge in [-0.2, -0.15) is 0 Å². The molecule has 0 aliphatic rings. The molecule has 0 aliphatic heterocycles. The number of nitrogens with zero attached hydrogens (tertiary/aromatic N) is 3. The normalized spacial score (nSPS) is 11.9. The third-order valence-corrected chi connectivity index (χ3v) is 6.49. The summed E-state index contributed by atoms with van der Waals surface area (Å²) in [5.41, 5.74) is 2.89. The van der Waals surface area contributed by atoms with Gasteiger partial charge in [-0.1, -0.05) is 84.9 Å². The topological polar surface area (TPSA) is 123 Å². The third kappa shape index (κ3) is 7.23. The van der Waals surface area contributed by atoms with Gasteiger partial charge in [0.15, 0.2) is 5.60 Å². The Labute approximate surface area is 238 Å². The molecule has 0 amide bonds. The molecule has 10 nitrogen and oxygen atoms in total. The second kappa shape index (κ2) is 13.5. The van der Waals surface area contributed by atoms with E-state index < -0.39 is 22.8 Å². The summed E-state index contributed by atoms with van der Waals surface area (Å²) in [4.78, 5) is 37.5. The average Bonchev–Trinajstić information content (AvgIpc) is 2.97. The van der Waals surface area contributed by atoms with Crippen LogP contribution in [0.1, 0.15) is 33.6 Å². The Morgan fingerprint density at radius 1 is 0.878 bits per heavy atom. The molecule has 1 aromatic heterocycles. The van der Waals surface area contributed by atoms with Crippen LogP contribution in [0.15, 0.2) is 91.0 Å². The molecule has 41 heavy (non-hydrogen) atoms. The van der Waals surface area contributed by atoms with E-state index in [0.717, 1.165) is 5.56 Å². The second-order valence-electron chi connectivity index (χ2n) is 9.33. The largest absolute Gasteiger partial charge is 0.462 e. The molecule has 0 saturated carbocycles. The smallest absolute Gasteiger partial charge is 0.351 e. The molecule has 0 spiro atoms. The first-order valence-corrected chi connectivity index (χ1v) is 13.0. The minimum Gasteiger partial charge on any atom is -0.462 e. The summed E-state index contributed by atoms with van der Waals surface area (Å²) in [5, 5.41) is 9.60. The van der Waals surface area contributed by atoms with E-state index in [4.69, 9.17) is 14.2 Å². The molecule has 0 bridgehead atoms.